The van der Waals surface area contributed by atoms with Crippen molar-refractivity contribution in [1.29, 1.82) is 0 Å². The number of aromatic amines is 1. The second-order valence-electron chi connectivity index (χ2n) is 7.71. The summed E-state index contributed by atoms with van der Waals surface area (Å²) in [5.74, 6) is -0.300. The second-order valence-corrected chi connectivity index (χ2v) is 8.63. The molecular weight excluding hydrogens is 442 g/mol. The van der Waals surface area contributed by atoms with Gasteiger partial charge < -0.3 is 4.98 Å². The van der Waals surface area contributed by atoms with Crippen LogP contribution in [0.25, 0.3) is 10.9 Å². The zero-order valence-corrected chi connectivity index (χ0v) is 18.8. The van der Waals surface area contributed by atoms with E-state index in [2.05, 4.69) is 80.5 Å². The normalized spacial score (nSPS) is 11.3. The molecule has 6 heteroatoms. The van der Waals surface area contributed by atoms with E-state index in [-0.39, 0.29) is 5.91 Å². The van der Waals surface area contributed by atoms with Crippen LogP contribution in [0.4, 0.5) is 0 Å². The maximum absolute atomic E-state index is 11.1. The number of hydrogen-bond acceptors (Lipinski definition) is 3. The average molecular weight is 472 g/mol. The van der Waals surface area contributed by atoms with Gasteiger partial charge in [0.1, 0.15) is 0 Å². The van der Waals surface area contributed by atoms with Crippen LogP contribution in [-0.4, -0.2) is 34.1 Å². The molecule has 0 atom stereocenters. The summed E-state index contributed by atoms with van der Waals surface area (Å²) in [6, 6.07) is 17.0. The summed E-state index contributed by atoms with van der Waals surface area (Å²) in [5, 5.41) is 9.87. The molecule has 5 nitrogen and oxygen atoms in total. The lowest BCUT2D eigenvalue weighted by Gasteiger charge is -2.22. The third-order valence-corrected chi connectivity index (χ3v) is 5.97. The Morgan fingerprint density at radius 3 is 2.57 bits per heavy atom. The number of hydrogen-bond donors (Lipinski definition) is 3. The summed E-state index contributed by atoms with van der Waals surface area (Å²) in [4.78, 5) is 17.0. The number of para-hydroxylation sites is 1. The van der Waals surface area contributed by atoms with Gasteiger partial charge in [-0.15, -0.1) is 0 Å². The summed E-state index contributed by atoms with van der Waals surface area (Å²) in [5.41, 5.74) is 5.57. The molecule has 2 aromatic carbocycles. The lowest BCUT2D eigenvalue weighted by Crippen LogP contribution is -2.27. The largest absolute Gasteiger partial charge is 0.361 e. The fourth-order valence-corrected chi connectivity index (χ4v) is 4.03. The number of carbonyl (C=O) groups is 1. The highest BCUT2D eigenvalue weighted by atomic mass is 79.9. The van der Waals surface area contributed by atoms with E-state index < -0.39 is 0 Å². The lowest BCUT2D eigenvalue weighted by atomic mass is 10.1. The molecule has 0 saturated heterocycles. The van der Waals surface area contributed by atoms with E-state index in [1.165, 1.54) is 22.0 Å². The van der Waals surface area contributed by atoms with Gasteiger partial charge in [-0.25, -0.2) is 5.48 Å². The topological polar surface area (TPSA) is 68.4 Å². The zero-order valence-electron chi connectivity index (χ0n) is 17.2. The summed E-state index contributed by atoms with van der Waals surface area (Å²) in [6.07, 6.45) is 7.54. The number of carbonyl (C=O) groups excluding carboxylic acids is 1. The number of fused-ring (bicyclic) bond motifs is 1. The van der Waals surface area contributed by atoms with Crippen LogP contribution in [0, 0.1) is 0 Å². The second kappa shape index (κ2) is 11.9. The van der Waals surface area contributed by atoms with Crippen molar-refractivity contribution in [2.24, 2.45) is 0 Å². The highest BCUT2D eigenvalue weighted by Crippen LogP contribution is 2.19. The van der Waals surface area contributed by atoms with Gasteiger partial charge in [0.15, 0.2) is 0 Å². The minimum atomic E-state index is -0.300. The molecule has 3 N–H and O–H groups in total. The van der Waals surface area contributed by atoms with Gasteiger partial charge >= 0.3 is 0 Å². The molecule has 0 bridgehead atoms. The SMILES string of the molecule is O=C(CCCCCCN(CCc1c[nH]c2ccccc12)Cc1ccc(Br)cc1)NO. The number of nitrogens with zero attached hydrogens (tertiary/aromatic N) is 1. The highest BCUT2D eigenvalue weighted by molar-refractivity contribution is 9.10. The van der Waals surface area contributed by atoms with E-state index in [9.17, 15) is 4.79 Å². The molecule has 0 fully saturated rings. The third kappa shape index (κ3) is 6.97. The van der Waals surface area contributed by atoms with Crippen molar-refractivity contribution in [2.45, 2.75) is 45.1 Å². The molecule has 1 aromatic heterocycles. The maximum Gasteiger partial charge on any atom is 0.243 e. The Morgan fingerprint density at radius 2 is 1.77 bits per heavy atom. The molecule has 0 unspecified atom stereocenters. The lowest BCUT2D eigenvalue weighted by molar-refractivity contribution is -0.129. The number of H-pyrrole nitrogens is 1. The molecule has 0 saturated carbocycles. The van der Waals surface area contributed by atoms with Crippen LogP contribution < -0.4 is 5.48 Å². The molecule has 1 heterocycles. The minimum Gasteiger partial charge on any atom is -0.361 e. The molecule has 30 heavy (non-hydrogen) atoms. The van der Waals surface area contributed by atoms with Crippen LogP contribution in [-0.2, 0) is 17.8 Å². The van der Waals surface area contributed by atoms with E-state index in [4.69, 9.17) is 5.21 Å². The van der Waals surface area contributed by atoms with Crippen LogP contribution >= 0.6 is 15.9 Å². The number of rotatable bonds is 12. The van der Waals surface area contributed by atoms with Crippen LogP contribution in [0.1, 0.15) is 43.2 Å². The summed E-state index contributed by atoms with van der Waals surface area (Å²) >= 11 is 3.51. The Bertz CT molecular complexity index is 924. The molecular formula is C24H30BrN3O2. The first-order valence-electron chi connectivity index (χ1n) is 10.6. The maximum atomic E-state index is 11.1. The van der Waals surface area contributed by atoms with E-state index in [0.717, 1.165) is 56.2 Å². The van der Waals surface area contributed by atoms with Crippen molar-refractivity contribution in [3.8, 4) is 0 Å². The van der Waals surface area contributed by atoms with Crippen molar-refractivity contribution in [1.82, 2.24) is 15.4 Å². The predicted molar refractivity (Wildman–Crippen MR) is 124 cm³/mol. The van der Waals surface area contributed by atoms with E-state index >= 15 is 0 Å². The van der Waals surface area contributed by atoms with Crippen molar-refractivity contribution < 1.29 is 10.0 Å². The standard InChI is InChI=1S/C24H30BrN3O2/c25-21-12-10-19(11-13-21)18-28(15-6-2-1-3-9-24(29)27-30)16-14-20-17-26-23-8-5-4-7-22(20)23/h4-5,7-8,10-13,17,26,30H,1-3,6,9,14-16,18H2,(H,27,29). The quantitative estimate of drug-likeness (QED) is 0.187. The van der Waals surface area contributed by atoms with Gasteiger partial charge in [0.2, 0.25) is 5.91 Å². The van der Waals surface area contributed by atoms with Gasteiger partial charge in [0, 0.05) is 41.1 Å². The first kappa shape index (κ1) is 22.5. The first-order chi connectivity index (χ1) is 14.7. The summed E-state index contributed by atoms with van der Waals surface area (Å²) < 4.78 is 1.10. The van der Waals surface area contributed by atoms with Crippen LogP contribution in [0.5, 0.6) is 0 Å². The molecule has 3 rings (SSSR count). The highest BCUT2D eigenvalue weighted by Gasteiger charge is 2.09. The number of halogens is 1. The number of unbranched alkanes of at least 4 members (excludes halogenated alkanes) is 3. The molecule has 3 aromatic rings. The molecule has 0 spiro atoms. The fourth-order valence-electron chi connectivity index (χ4n) is 3.77. The Labute approximate surface area is 186 Å². The van der Waals surface area contributed by atoms with E-state index in [1.807, 2.05) is 0 Å². The fraction of sp³-hybridized carbons (Fsp3) is 0.375. The van der Waals surface area contributed by atoms with Crippen LogP contribution in [0.3, 0.4) is 0 Å². The van der Waals surface area contributed by atoms with E-state index in [1.54, 1.807) is 5.48 Å². The number of amides is 1. The van der Waals surface area contributed by atoms with Gasteiger partial charge in [-0.05, 0) is 55.1 Å². The van der Waals surface area contributed by atoms with Gasteiger partial charge in [0.05, 0.1) is 0 Å². The molecule has 0 aliphatic rings. The zero-order chi connectivity index (χ0) is 21.2. The number of hydroxylamine groups is 1. The van der Waals surface area contributed by atoms with Crippen molar-refractivity contribution in [3.05, 3.63) is 70.3 Å². The van der Waals surface area contributed by atoms with Gasteiger partial charge in [-0.1, -0.05) is 59.1 Å². The van der Waals surface area contributed by atoms with Crippen LogP contribution in [0.2, 0.25) is 0 Å². The molecule has 1 amide bonds. The number of benzene rings is 2. The average Bonchev–Trinajstić information content (AvgIpc) is 3.18. The smallest absolute Gasteiger partial charge is 0.243 e. The molecule has 0 aliphatic heterocycles. The Morgan fingerprint density at radius 1 is 1.00 bits per heavy atom. The monoisotopic (exact) mass is 471 g/mol. The van der Waals surface area contributed by atoms with E-state index in [0.29, 0.717) is 6.42 Å². The number of nitrogens with one attached hydrogen (secondary N) is 2. The first-order valence-corrected chi connectivity index (χ1v) is 11.4. The van der Waals surface area contributed by atoms with Crippen molar-refractivity contribution in [2.75, 3.05) is 13.1 Å². The van der Waals surface area contributed by atoms with Gasteiger partial charge in [-0.3, -0.25) is 14.9 Å². The molecule has 0 aliphatic carbocycles. The Balaban J connectivity index is 1.53. The van der Waals surface area contributed by atoms with Crippen molar-refractivity contribution >= 4 is 32.7 Å². The minimum absolute atomic E-state index is 0.300. The summed E-state index contributed by atoms with van der Waals surface area (Å²) in [6.45, 7) is 2.97. The van der Waals surface area contributed by atoms with Crippen molar-refractivity contribution in [3.63, 3.8) is 0 Å². The Kier molecular flexibility index (Phi) is 8.93. The summed E-state index contributed by atoms with van der Waals surface area (Å²) in [7, 11) is 0. The van der Waals surface area contributed by atoms with Gasteiger partial charge in [-0.2, -0.15) is 0 Å². The number of aromatic nitrogens is 1. The predicted octanol–water partition coefficient (Wildman–Crippen LogP) is 5.43. The molecule has 0 radical (unpaired) electrons. The Hall–Kier alpha value is -2.15. The molecule has 160 valence electrons. The van der Waals surface area contributed by atoms with Gasteiger partial charge in [0.25, 0.3) is 0 Å². The third-order valence-electron chi connectivity index (χ3n) is 5.44. The van der Waals surface area contributed by atoms with Crippen LogP contribution in [0.15, 0.2) is 59.2 Å².